The predicted molar refractivity (Wildman–Crippen MR) is 44.4 cm³/mol. The average Bonchev–Trinajstić information content (AvgIpc) is 2.12. The van der Waals surface area contributed by atoms with Gasteiger partial charge in [-0.3, -0.25) is 0 Å². The summed E-state index contributed by atoms with van der Waals surface area (Å²) in [4.78, 5) is 0. The molecule has 8 heavy (non-hydrogen) atoms. The van der Waals surface area contributed by atoms with Crippen LogP contribution in [0, 0.1) is 0 Å². The van der Waals surface area contributed by atoms with Crippen LogP contribution in [0.2, 0.25) is 0 Å². The molecular formula is C4H10AsNS2. The Morgan fingerprint density at radius 1 is 1.25 bits per heavy atom. The van der Waals surface area contributed by atoms with Gasteiger partial charge >= 0.3 is 62.0 Å². The summed E-state index contributed by atoms with van der Waals surface area (Å²) in [5.74, 6) is 2.78. The van der Waals surface area contributed by atoms with Crippen molar-refractivity contribution in [3.05, 3.63) is 0 Å². The topological polar surface area (TPSA) is 3.24 Å². The van der Waals surface area contributed by atoms with Crippen molar-refractivity contribution in [2.24, 2.45) is 0 Å². The van der Waals surface area contributed by atoms with E-state index in [1.807, 2.05) is 0 Å². The Morgan fingerprint density at radius 2 is 1.75 bits per heavy atom. The van der Waals surface area contributed by atoms with E-state index in [-0.39, 0.29) is 0 Å². The first kappa shape index (κ1) is 7.33. The monoisotopic (exact) mass is 211 g/mol. The van der Waals surface area contributed by atoms with E-state index in [0.29, 0.717) is 0 Å². The Morgan fingerprint density at radius 3 is 2.00 bits per heavy atom. The van der Waals surface area contributed by atoms with E-state index in [1.165, 1.54) is 11.5 Å². The molecule has 0 unspecified atom stereocenters. The van der Waals surface area contributed by atoms with Crippen molar-refractivity contribution in [1.29, 1.82) is 0 Å². The van der Waals surface area contributed by atoms with Crippen molar-refractivity contribution >= 4 is 32.6 Å². The molecule has 0 spiro atoms. The van der Waals surface area contributed by atoms with Crippen molar-refractivity contribution in [1.82, 2.24) is 3.82 Å². The molecule has 1 nitrogen and oxygen atoms in total. The van der Waals surface area contributed by atoms with Crippen LogP contribution in [0.5, 0.6) is 0 Å². The molecule has 1 aliphatic rings. The van der Waals surface area contributed by atoms with Crippen LogP contribution in [0.4, 0.5) is 0 Å². The zero-order valence-electron chi connectivity index (χ0n) is 5.13. The Balaban J connectivity index is 2.24. The molecule has 0 radical (unpaired) electrons. The first-order valence-electron chi connectivity index (χ1n) is 2.54. The van der Waals surface area contributed by atoms with Crippen LogP contribution >= 0.6 is 20.0 Å². The molecule has 0 saturated carbocycles. The van der Waals surface area contributed by atoms with Gasteiger partial charge in [0, 0.05) is 0 Å². The minimum atomic E-state index is -0.549. The number of rotatable bonds is 1. The molecule has 0 aliphatic carbocycles. The molecule has 1 fully saturated rings. The van der Waals surface area contributed by atoms with Crippen molar-refractivity contribution < 1.29 is 0 Å². The summed E-state index contributed by atoms with van der Waals surface area (Å²) in [6, 6.07) is 0. The molecule has 0 bridgehead atoms. The van der Waals surface area contributed by atoms with Gasteiger partial charge in [0.25, 0.3) is 0 Å². The molecule has 0 aromatic rings. The van der Waals surface area contributed by atoms with E-state index >= 15 is 0 Å². The van der Waals surface area contributed by atoms with Crippen molar-refractivity contribution in [3.63, 3.8) is 0 Å². The molecule has 0 amide bonds. The van der Waals surface area contributed by atoms with Gasteiger partial charge in [0.15, 0.2) is 0 Å². The molecule has 1 aliphatic heterocycles. The fourth-order valence-electron chi connectivity index (χ4n) is 0.499. The maximum atomic E-state index is 2.41. The van der Waals surface area contributed by atoms with Crippen molar-refractivity contribution in [3.8, 4) is 0 Å². The average molecular weight is 211 g/mol. The van der Waals surface area contributed by atoms with E-state index in [0.717, 1.165) is 0 Å². The third kappa shape index (κ3) is 1.87. The fraction of sp³-hybridized carbons (Fsp3) is 1.00. The molecule has 0 aromatic heterocycles. The normalized spacial score (nSPS) is 22.9. The number of hydrogen-bond acceptors (Lipinski definition) is 3. The Labute approximate surface area is 62.0 Å². The molecule has 1 heterocycles. The summed E-state index contributed by atoms with van der Waals surface area (Å²) in [6.07, 6.45) is 0. The standard InChI is InChI=1S/C4H10AsNS2/c1-6(2)5-7-3-4-8-5/h3-4H2,1-2H3. The quantitative estimate of drug-likeness (QED) is 0.596. The van der Waals surface area contributed by atoms with E-state index in [2.05, 4.69) is 38.0 Å². The molecule has 48 valence electrons. The van der Waals surface area contributed by atoms with E-state index in [4.69, 9.17) is 0 Å². The number of nitrogens with zero attached hydrogens (tertiary/aromatic N) is 1. The van der Waals surface area contributed by atoms with Crippen LogP contribution < -0.4 is 0 Å². The van der Waals surface area contributed by atoms with Gasteiger partial charge in [0.1, 0.15) is 0 Å². The SMILES string of the molecule is CN(C)[As]1SCCS1. The molecule has 4 heteroatoms. The first-order valence-corrected chi connectivity index (χ1v) is 9.86. The molecule has 0 aromatic carbocycles. The van der Waals surface area contributed by atoms with E-state index in [1.54, 1.807) is 0 Å². The fourth-order valence-corrected chi connectivity index (χ4v) is 13.6. The minimum absolute atomic E-state index is 0.549. The molecule has 1 saturated heterocycles. The second-order valence-corrected chi connectivity index (χ2v) is 13.8. The van der Waals surface area contributed by atoms with Gasteiger partial charge in [-0.25, -0.2) is 0 Å². The molecule has 0 N–H and O–H groups in total. The van der Waals surface area contributed by atoms with Gasteiger partial charge in [-0.2, -0.15) is 0 Å². The summed E-state index contributed by atoms with van der Waals surface area (Å²) in [7, 11) is 8.77. The van der Waals surface area contributed by atoms with Crippen LogP contribution in [0.25, 0.3) is 0 Å². The van der Waals surface area contributed by atoms with Gasteiger partial charge in [-0.1, -0.05) is 0 Å². The van der Waals surface area contributed by atoms with Gasteiger partial charge in [-0.05, 0) is 0 Å². The van der Waals surface area contributed by atoms with Crippen LogP contribution in [-0.2, 0) is 0 Å². The molecule has 1 rings (SSSR count). The summed E-state index contributed by atoms with van der Waals surface area (Å²) in [5.41, 5.74) is 0. The van der Waals surface area contributed by atoms with E-state index in [9.17, 15) is 0 Å². The second kappa shape index (κ2) is 3.40. The van der Waals surface area contributed by atoms with Crippen LogP contribution in [-0.4, -0.2) is 42.0 Å². The summed E-state index contributed by atoms with van der Waals surface area (Å²) in [6.45, 7) is 0. The third-order valence-electron chi connectivity index (χ3n) is 0.813. The predicted octanol–water partition coefficient (Wildman–Crippen LogP) is 1.01. The molecule has 0 atom stereocenters. The Kier molecular flexibility index (Phi) is 3.12. The van der Waals surface area contributed by atoms with Crippen LogP contribution in [0.1, 0.15) is 0 Å². The van der Waals surface area contributed by atoms with Crippen LogP contribution in [0.15, 0.2) is 0 Å². The second-order valence-electron chi connectivity index (χ2n) is 1.75. The Bertz CT molecular complexity index is 72.4. The van der Waals surface area contributed by atoms with Crippen molar-refractivity contribution in [2.45, 2.75) is 0 Å². The zero-order valence-corrected chi connectivity index (χ0v) is 8.63. The van der Waals surface area contributed by atoms with Gasteiger partial charge in [-0.15, -0.1) is 0 Å². The number of hydrogen-bond donors (Lipinski definition) is 0. The van der Waals surface area contributed by atoms with Crippen molar-refractivity contribution in [2.75, 3.05) is 25.6 Å². The van der Waals surface area contributed by atoms with Crippen LogP contribution in [0.3, 0.4) is 0 Å². The first-order chi connectivity index (χ1) is 3.80. The Hall–Kier alpha value is 1.22. The van der Waals surface area contributed by atoms with Gasteiger partial charge < -0.3 is 0 Å². The van der Waals surface area contributed by atoms with Gasteiger partial charge in [0.05, 0.1) is 0 Å². The summed E-state index contributed by atoms with van der Waals surface area (Å²) >= 11 is -0.549. The van der Waals surface area contributed by atoms with E-state index < -0.39 is 12.6 Å². The third-order valence-corrected chi connectivity index (χ3v) is 15.4. The van der Waals surface area contributed by atoms with Gasteiger partial charge in [0.2, 0.25) is 0 Å². The maximum absolute atomic E-state index is 2.41. The summed E-state index contributed by atoms with van der Waals surface area (Å²) in [5, 5.41) is 0. The molecular weight excluding hydrogens is 201 g/mol. The zero-order chi connectivity index (χ0) is 5.98. The summed E-state index contributed by atoms with van der Waals surface area (Å²) < 4.78 is 2.41.